The summed E-state index contributed by atoms with van der Waals surface area (Å²) in [6.07, 6.45) is 0. The Balaban J connectivity index is 1.81. The van der Waals surface area contributed by atoms with Crippen molar-refractivity contribution >= 4 is 10.0 Å². The molecule has 0 saturated carbocycles. The van der Waals surface area contributed by atoms with Crippen molar-refractivity contribution in [3.05, 3.63) is 64.7 Å². The lowest BCUT2D eigenvalue weighted by Crippen LogP contribution is -2.29. The molecule has 2 aromatic rings. The van der Waals surface area contributed by atoms with E-state index in [1.54, 1.807) is 0 Å². The van der Waals surface area contributed by atoms with Crippen LogP contribution < -0.4 is 9.46 Å². The molecular weight excluding hydrogens is 310 g/mol. The summed E-state index contributed by atoms with van der Waals surface area (Å²) in [5, 5.41) is 0. The molecule has 124 valence electrons. The quantitative estimate of drug-likeness (QED) is 0.792. The fraction of sp³-hybridized carbons (Fsp3) is 0.333. The molecule has 0 saturated heterocycles. The zero-order valence-corrected chi connectivity index (χ0v) is 14.6. The van der Waals surface area contributed by atoms with Crippen LogP contribution in [-0.4, -0.2) is 21.6 Å². The van der Waals surface area contributed by atoms with E-state index >= 15 is 0 Å². The number of sulfonamides is 1. The summed E-state index contributed by atoms with van der Waals surface area (Å²) >= 11 is 0. The topological polar surface area (TPSA) is 55.4 Å². The van der Waals surface area contributed by atoms with Crippen molar-refractivity contribution in [1.29, 1.82) is 0 Å². The second kappa shape index (κ2) is 7.62. The average Bonchev–Trinajstić information content (AvgIpc) is 2.45. The maximum absolute atomic E-state index is 12.0. The van der Waals surface area contributed by atoms with Gasteiger partial charge in [-0.05, 0) is 49.6 Å². The van der Waals surface area contributed by atoms with Crippen molar-refractivity contribution in [2.75, 3.05) is 13.2 Å². The third-order valence-electron chi connectivity index (χ3n) is 3.37. The summed E-state index contributed by atoms with van der Waals surface area (Å²) in [5.41, 5.74) is 4.14. The molecule has 0 spiro atoms. The van der Waals surface area contributed by atoms with E-state index in [1.165, 1.54) is 0 Å². The van der Waals surface area contributed by atoms with Crippen molar-refractivity contribution in [2.24, 2.45) is 0 Å². The van der Waals surface area contributed by atoms with E-state index in [0.29, 0.717) is 6.61 Å². The highest BCUT2D eigenvalue weighted by atomic mass is 32.2. The van der Waals surface area contributed by atoms with Gasteiger partial charge in [0.15, 0.2) is 0 Å². The molecule has 0 aliphatic carbocycles. The van der Waals surface area contributed by atoms with Gasteiger partial charge in [-0.2, -0.15) is 0 Å². The van der Waals surface area contributed by atoms with Crippen LogP contribution in [-0.2, 0) is 15.8 Å². The van der Waals surface area contributed by atoms with Gasteiger partial charge in [-0.15, -0.1) is 0 Å². The van der Waals surface area contributed by atoms with Crippen molar-refractivity contribution in [3.63, 3.8) is 0 Å². The third kappa shape index (κ3) is 6.04. The van der Waals surface area contributed by atoms with Gasteiger partial charge in [0.1, 0.15) is 12.4 Å². The standard InChI is InChI=1S/C18H23NO3S/c1-14-4-6-17(7-5-14)13-23(20,21)19-8-9-22-18-11-15(2)10-16(3)12-18/h4-7,10-12,19H,8-9,13H2,1-3H3. The molecule has 0 aliphatic heterocycles. The lowest BCUT2D eigenvalue weighted by atomic mass is 10.1. The minimum atomic E-state index is -3.35. The molecule has 0 heterocycles. The summed E-state index contributed by atoms with van der Waals surface area (Å²) < 4.78 is 32.2. The Morgan fingerprint density at radius 1 is 0.913 bits per heavy atom. The second-order valence-electron chi connectivity index (χ2n) is 5.81. The normalized spacial score (nSPS) is 11.4. The molecule has 0 fully saturated rings. The molecule has 0 bridgehead atoms. The summed E-state index contributed by atoms with van der Waals surface area (Å²) in [6, 6.07) is 13.4. The van der Waals surface area contributed by atoms with Crippen LogP contribution in [0, 0.1) is 20.8 Å². The number of rotatable bonds is 7. The number of hydrogen-bond donors (Lipinski definition) is 1. The summed E-state index contributed by atoms with van der Waals surface area (Å²) in [5.74, 6) is 0.747. The van der Waals surface area contributed by atoms with Gasteiger partial charge in [0.2, 0.25) is 10.0 Å². The maximum atomic E-state index is 12.0. The highest BCUT2D eigenvalue weighted by Gasteiger charge is 2.10. The van der Waals surface area contributed by atoms with Gasteiger partial charge < -0.3 is 4.74 Å². The number of hydrogen-bond acceptors (Lipinski definition) is 3. The van der Waals surface area contributed by atoms with Gasteiger partial charge in [0.05, 0.1) is 5.75 Å². The van der Waals surface area contributed by atoms with Crippen LogP contribution in [0.5, 0.6) is 5.75 Å². The summed E-state index contributed by atoms with van der Waals surface area (Å²) in [7, 11) is -3.35. The van der Waals surface area contributed by atoms with E-state index in [9.17, 15) is 8.42 Å². The van der Waals surface area contributed by atoms with E-state index in [0.717, 1.165) is 28.0 Å². The first-order valence-electron chi connectivity index (χ1n) is 7.58. The molecule has 0 amide bonds. The molecule has 0 atom stereocenters. The smallest absolute Gasteiger partial charge is 0.215 e. The van der Waals surface area contributed by atoms with Crippen LogP contribution in [0.4, 0.5) is 0 Å². The molecule has 4 nitrogen and oxygen atoms in total. The minimum Gasteiger partial charge on any atom is -0.492 e. The van der Waals surface area contributed by atoms with Crippen LogP contribution in [0.3, 0.4) is 0 Å². The Hall–Kier alpha value is -1.85. The van der Waals surface area contributed by atoms with Crippen LogP contribution in [0.2, 0.25) is 0 Å². The Morgan fingerprint density at radius 3 is 2.13 bits per heavy atom. The summed E-state index contributed by atoms with van der Waals surface area (Å²) in [4.78, 5) is 0. The lowest BCUT2D eigenvalue weighted by Gasteiger charge is -2.10. The van der Waals surface area contributed by atoms with Gasteiger partial charge in [0, 0.05) is 6.54 Å². The molecule has 1 N–H and O–H groups in total. The Bertz CT molecular complexity index is 732. The largest absolute Gasteiger partial charge is 0.492 e. The molecular formula is C18H23NO3S. The van der Waals surface area contributed by atoms with Crippen molar-refractivity contribution in [3.8, 4) is 5.75 Å². The first-order valence-corrected chi connectivity index (χ1v) is 9.23. The Morgan fingerprint density at radius 2 is 1.52 bits per heavy atom. The van der Waals surface area contributed by atoms with Gasteiger partial charge in [-0.25, -0.2) is 13.1 Å². The lowest BCUT2D eigenvalue weighted by molar-refractivity contribution is 0.322. The molecule has 0 unspecified atom stereocenters. The molecule has 0 radical (unpaired) electrons. The first kappa shape index (κ1) is 17.5. The monoisotopic (exact) mass is 333 g/mol. The van der Waals surface area contributed by atoms with Crippen LogP contribution >= 0.6 is 0 Å². The molecule has 23 heavy (non-hydrogen) atoms. The predicted molar refractivity (Wildman–Crippen MR) is 93.2 cm³/mol. The molecule has 0 aromatic heterocycles. The van der Waals surface area contributed by atoms with Gasteiger partial charge in [-0.1, -0.05) is 35.9 Å². The van der Waals surface area contributed by atoms with E-state index in [1.807, 2.05) is 57.2 Å². The van der Waals surface area contributed by atoms with Crippen LogP contribution in [0.15, 0.2) is 42.5 Å². The Labute approximate surface area is 138 Å². The number of nitrogens with one attached hydrogen (secondary N) is 1. The SMILES string of the molecule is Cc1ccc(CS(=O)(=O)NCCOc2cc(C)cc(C)c2)cc1. The van der Waals surface area contributed by atoms with E-state index < -0.39 is 10.0 Å². The van der Waals surface area contributed by atoms with Crippen molar-refractivity contribution in [2.45, 2.75) is 26.5 Å². The fourth-order valence-corrected chi connectivity index (χ4v) is 3.46. The Kier molecular flexibility index (Phi) is 5.80. The minimum absolute atomic E-state index is 0.0170. The maximum Gasteiger partial charge on any atom is 0.215 e. The fourth-order valence-electron chi connectivity index (χ4n) is 2.34. The average molecular weight is 333 g/mol. The first-order chi connectivity index (χ1) is 10.8. The second-order valence-corrected chi connectivity index (χ2v) is 7.62. The van der Waals surface area contributed by atoms with Crippen LogP contribution in [0.25, 0.3) is 0 Å². The molecule has 2 rings (SSSR count). The molecule has 2 aromatic carbocycles. The van der Waals surface area contributed by atoms with Gasteiger partial charge in [0.25, 0.3) is 0 Å². The van der Waals surface area contributed by atoms with E-state index in [4.69, 9.17) is 4.74 Å². The highest BCUT2D eigenvalue weighted by Crippen LogP contribution is 2.15. The highest BCUT2D eigenvalue weighted by molar-refractivity contribution is 7.88. The number of benzene rings is 2. The molecule has 0 aliphatic rings. The van der Waals surface area contributed by atoms with Gasteiger partial charge in [-0.3, -0.25) is 0 Å². The molecule has 5 heteroatoms. The van der Waals surface area contributed by atoms with E-state index in [-0.39, 0.29) is 12.3 Å². The van der Waals surface area contributed by atoms with E-state index in [2.05, 4.69) is 10.8 Å². The van der Waals surface area contributed by atoms with Crippen LogP contribution in [0.1, 0.15) is 22.3 Å². The summed E-state index contributed by atoms with van der Waals surface area (Å²) in [6.45, 7) is 6.53. The van der Waals surface area contributed by atoms with Crippen molar-refractivity contribution in [1.82, 2.24) is 4.72 Å². The number of ether oxygens (including phenoxy) is 1. The zero-order chi connectivity index (χ0) is 16.9. The van der Waals surface area contributed by atoms with Gasteiger partial charge >= 0.3 is 0 Å². The third-order valence-corrected chi connectivity index (χ3v) is 4.72. The number of aryl methyl sites for hydroxylation is 3. The predicted octanol–water partition coefficient (Wildman–Crippen LogP) is 3.11. The zero-order valence-electron chi connectivity index (χ0n) is 13.8. The van der Waals surface area contributed by atoms with Crippen molar-refractivity contribution < 1.29 is 13.2 Å².